The molecule has 0 aromatic carbocycles. The minimum Gasteiger partial charge on any atom is -0.478 e. The third kappa shape index (κ3) is 5.21. The Labute approximate surface area is 193 Å². The van der Waals surface area contributed by atoms with Crippen LogP contribution >= 0.6 is 0 Å². The monoisotopic (exact) mass is 454 g/mol. The van der Waals surface area contributed by atoms with Gasteiger partial charge >= 0.3 is 0 Å². The van der Waals surface area contributed by atoms with Crippen LogP contribution in [-0.2, 0) is 11.3 Å². The molecular weight excluding hydrogens is 420 g/mol. The number of rotatable bonds is 10. The molecule has 1 saturated carbocycles. The minimum absolute atomic E-state index is 0.0680. The average molecular weight is 455 g/mol. The lowest BCUT2D eigenvalue weighted by Gasteiger charge is -2.31. The largest absolute Gasteiger partial charge is 0.478 e. The molecule has 3 aromatic rings. The first kappa shape index (κ1) is 23.3. The quantitative estimate of drug-likeness (QED) is 0.475. The van der Waals surface area contributed by atoms with Crippen LogP contribution in [0.1, 0.15) is 57.8 Å². The van der Waals surface area contributed by atoms with E-state index < -0.39 is 0 Å². The van der Waals surface area contributed by atoms with E-state index in [2.05, 4.69) is 4.98 Å². The van der Waals surface area contributed by atoms with Gasteiger partial charge in [-0.1, -0.05) is 19.3 Å². The van der Waals surface area contributed by atoms with Crippen molar-refractivity contribution in [3.63, 3.8) is 0 Å². The van der Waals surface area contributed by atoms with E-state index in [0.29, 0.717) is 61.9 Å². The summed E-state index contributed by atoms with van der Waals surface area (Å²) in [6.45, 7) is 1.04. The van der Waals surface area contributed by atoms with Crippen molar-refractivity contribution in [2.45, 2.75) is 70.4 Å². The molecule has 1 N–H and O–H groups in total. The molecule has 8 nitrogen and oxygen atoms in total. The summed E-state index contributed by atoms with van der Waals surface area (Å²) in [7, 11) is 1.92. The summed E-state index contributed by atoms with van der Waals surface area (Å²) in [4.78, 5) is 32.0. The van der Waals surface area contributed by atoms with Gasteiger partial charge in [0.2, 0.25) is 11.8 Å². The van der Waals surface area contributed by atoms with Crippen LogP contribution in [0.15, 0.2) is 35.3 Å². The predicted octanol–water partition coefficient (Wildman–Crippen LogP) is 3.37. The lowest BCUT2D eigenvalue weighted by molar-refractivity contribution is -0.132. The Morgan fingerprint density at radius 1 is 1.15 bits per heavy atom. The van der Waals surface area contributed by atoms with Crippen molar-refractivity contribution in [1.82, 2.24) is 18.9 Å². The number of ether oxygens (including phenoxy) is 1. The van der Waals surface area contributed by atoms with E-state index in [1.165, 1.54) is 19.3 Å². The average Bonchev–Trinajstić information content (AvgIpc) is 3.34. The van der Waals surface area contributed by atoms with Crippen molar-refractivity contribution in [2.75, 3.05) is 20.3 Å². The third-order valence-corrected chi connectivity index (χ3v) is 6.65. The molecule has 0 unspecified atom stereocenters. The van der Waals surface area contributed by atoms with E-state index in [9.17, 15) is 9.59 Å². The fourth-order valence-corrected chi connectivity index (χ4v) is 4.73. The first-order valence-corrected chi connectivity index (χ1v) is 12.1. The van der Waals surface area contributed by atoms with Crippen molar-refractivity contribution < 1.29 is 14.6 Å². The van der Waals surface area contributed by atoms with Gasteiger partial charge in [-0.3, -0.25) is 14.0 Å². The SMILES string of the molecule is CN(C(=O)CCCOc1ccc2c(n1)n1cccc1c(=O)n2CCCCO)C1CCCCC1. The van der Waals surface area contributed by atoms with Gasteiger partial charge in [-0.15, -0.1) is 0 Å². The molecule has 3 aromatic heterocycles. The zero-order chi connectivity index (χ0) is 23.2. The maximum absolute atomic E-state index is 12.9. The predicted molar refractivity (Wildman–Crippen MR) is 128 cm³/mol. The number of unbranched alkanes of at least 4 members (excludes halogenated alkanes) is 1. The van der Waals surface area contributed by atoms with E-state index in [4.69, 9.17) is 9.84 Å². The van der Waals surface area contributed by atoms with Gasteiger partial charge in [-0.2, -0.15) is 4.98 Å². The number of carbonyl (C=O) groups is 1. The van der Waals surface area contributed by atoms with Crippen molar-refractivity contribution in [3.05, 3.63) is 40.8 Å². The van der Waals surface area contributed by atoms with Crippen molar-refractivity contribution in [3.8, 4) is 5.88 Å². The van der Waals surface area contributed by atoms with Crippen LogP contribution in [0, 0.1) is 0 Å². The zero-order valence-corrected chi connectivity index (χ0v) is 19.4. The third-order valence-electron chi connectivity index (χ3n) is 6.65. The molecule has 0 saturated heterocycles. The number of nitrogens with zero attached hydrogens (tertiary/aromatic N) is 4. The summed E-state index contributed by atoms with van der Waals surface area (Å²) in [5.41, 5.74) is 1.89. The topological polar surface area (TPSA) is 89.1 Å². The van der Waals surface area contributed by atoms with Gasteiger partial charge in [0.15, 0.2) is 5.65 Å². The number of pyridine rings is 1. The molecule has 33 heavy (non-hydrogen) atoms. The lowest BCUT2D eigenvalue weighted by Crippen LogP contribution is -2.38. The summed E-state index contributed by atoms with van der Waals surface area (Å²) in [5.74, 6) is 0.657. The molecule has 1 amide bonds. The smallest absolute Gasteiger partial charge is 0.275 e. The van der Waals surface area contributed by atoms with Crippen LogP contribution in [0.4, 0.5) is 0 Å². The Morgan fingerprint density at radius 2 is 1.97 bits per heavy atom. The van der Waals surface area contributed by atoms with Gasteiger partial charge in [0.25, 0.3) is 5.56 Å². The molecule has 8 heteroatoms. The molecule has 0 radical (unpaired) electrons. The summed E-state index contributed by atoms with van der Waals surface area (Å²) in [6, 6.07) is 7.63. The Morgan fingerprint density at radius 3 is 2.76 bits per heavy atom. The molecule has 178 valence electrons. The van der Waals surface area contributed by atoms with Gasteiger partial charge in [0.1, 0.15) is 5.52 Å². The molecule has 0 atom stereocenters. The zero-order valence-electron chi connectivity index (χ0n) is 19.4. The van der Waals surface area contributed by atoms with E-state index in [0.717, 1.165) is 18.4 Å². The fraction of sp³-hybridized carbons (Fsp3) is 0.560. The number of aryl methyl sites for hydroxylation is 1. The fourth-order valence-electron chi connectivity index (χ4n) is 4.73. The lowest BCUT2D eigenvalue weighted by atomic mass is 9.94. The standard InChI is InChI=1S/C25H34N4O4/c1-27(19-9-3-2-4-10-19)23(31)12-8-18-33-22-14-13-20-24(26-22)28-16-7-11-21(28)25(32)29(20)15-5-6-17-30/h7,11,13-14,16,19,30H,2-6,8-10,12,15,17-18H2,1H3. The van der Waals surface area contributed by atoms with Crippen LogP contribution in [0.5, 0.6) is 5.88 Å². The van der Waals surface area contributed by atoms with Gasteiger partial charge < -0.3 is 19.3 Å². The van der Waals surface area contributed by atoms with Crippen LogP contribution < -0.4 is 10.3 Å². The van der Waals surface area contributed by atoms with E-state index in [-0.39, 0.29) is 18.1 Å². The normalized spacial score (nSPS) is 14.7. The number of carbonyl (C=O) groups excluding carboxylic acids is 1. The van der Waals surface area contributed by atoms with Crippen LogP contribution in [0.2, 0.25) is 0 Å². The first-order valence-electron chi connectivity index (χ1n) is 12.1. The molecule has 0 spiro atoms. The Kier molecular flexibility index (Phi) is 7.65. The molecular formula is C25H34N4O4. The summed E-state index contributed by atoms with van der Waals surface area (Å²) in [5, 5.41) is 9.09. The first-order chi connectivity index (χ1) is 16.1. The number of aliphatic hydroxyl groups excluding tert-OH is 1. The number of amides is 1. The molecule has 4 rings (SSSR count). The van der Waals surface area contributed by atoms with Gasteiger partial charge in [0.05, 0.1) is 12.1 Å². The van der Waals surface area contributed by atoms with Gasteiger partial charge in [-0.05, 0) is 50.3 Å². The minimum atomic E-state index is -0.0680. The second kappa shape index (κ2) is 10.8. The highest BCUT2D eigenvalue weighted by Crippen LogP contribution is 2.22. The molecule has 1 aliphatic rings. The number of hydrogen-bond donors (Lipinski definition) is 1. The maximum atomic E-state index is 12.9. The van der Waals surface area contributed by atoms with Crippen LogP contribution in [0.3, 0.4) is 0 Å². The Bertz CT molecular complexity index is 1150. The summed E-state index contributed by atoms with van der Waals surface area (Å²) < 4.78 is 9.37. The van der Waals surface area contributed by atoms with E-state index in [1.807, 2.05) is 30.3 Å². The highest BCUT2D eigenvalue weighted by molar-refractivity contribution is 5.76. The van der Waals surface area contributed by atoms with Crippen molar-refractivity contribution >= 4 is 22.6 Å². The molecule has 3 heterocycles. The van der Waals surface area contributed by atoms with Crippen molar-refractivity contribution in [2.24, 2.45) is 0 Å². The number of hydrogen-bond acceptors (Lipinski definition) is 5. The molecule has 1 aliphatic carbocycles. The Balaban J connectivity index is 1.42. The van der Waals surface area contributed by atoms with Crippen LogP contribution in [0.25, 0.3) is 16.7 Å². The number of fused-ring (bicyclic) bond motifs is 3. The Hall–Kier alpha value is -2.87. The summed E-state index contributed by atoms with van der Waals surface area (Å²) >= 11 is 0. The second-order valence-corrected chi connectivity index (χ2v) is 8.89. The van der Waals surface area contributed by atoms with E-state index >= 15 is 0 Å². The highest BCUT2D eigenvalue weighted by atomic mass is 16.5. The van der Waals surface area contributed by atoms with Gasteiger partial charge in [-0.25, -0.2) is 0 Å². The maximum Gasteiger partial charge on any atom is 0.275 e. The number of aromatic nitrogens is 3. The highest BCUT2D eigenvalue weighted by Gasteiger charge is 2.21. The molecule has 0 aliphatic heterocycles. The number of aliphatic hydroxyl groups is 1. The summed E-state index contributed by atoms with van der Waals surface area (Å²) in [6.07, 6.45) is 10.2. The van der Waals surface area contributed by atoms with Gasteiger partial charge in [0, 0.05) is 44.9 Å². The molecule has 0 bridgehead atoms. The molecule has 1 fully saturated rings. The van der Waals surface area contributed by atoms with Crippen LogP contribution in [-0.4, -0.2) is 56.2 Å². The second-order valence-electron chi connectivity index (χ2n) is 8.89. The van der Waals surface area contributed by atoms with Crippen molar-refractivity contribution in [1.29, 1.82) is 0 Å². The van der Waals surface area contributed by atoms with E-state index in [1.54, 1.807) is 21.1 Å².